The van der Waals surface area contributed by atoms with Crippen molar-refractivity contribution in [3.05, 3.63) is 198 Å². The Balaban J connectivity index is 0.999. The summed E-state index contributed by atoms with van der Waals surface area (Å²) >= 11 is 0. The van der Waals surface area contributed by atoms with Gasteiger partial charge in [-0.3, -0.25) is 0 Å². The first-order chi connectivity index (χ1) is 25.8. The molecule has 7 aromatic rings. The molecule has 0 amide bonds. The molecule has 262 valence electrons. The standard InChI is InChI=1S/C51H48N2/c1-37-5-7-38(8-6-37)39-9-11-41(12-10-39)44-19-25-48(26-20-44)51(31-35-53(4)36-32-51)49-27-21-45(22-28-49)42-15-13-40(14-16-42)43-17-23-46(24-18-43)50(2,3)47-29-33-52-34-30-47/h5-30,33-34H,31-32,35-36H2,1-4H3/p+2. The third-order valence-electron chi connectivity index (χ3n) is 12.0. The number of aromatic nitrogens is 1. The van der Waals surface area contributed by atoms with Crippen LogP contribution < -0.4 is 9.88 Å². The Morgan fingerprint density at radius 1 is 0.434 bits per heavy atom. The smallest absolute Gasteiger partial charge is 0.167 e. The van der Waals surface area contributed by atoms with Gasteiger partial charge >= 0.3 is 0 Å². The van der Waals surface area contributed by atoms with Gasteiger partial charge in [0.15, 0.2) is 12.4 Å². The minimum Gasteiger partial charge on any atom is -0.337 e. The summed E-state index contributed by atoms with van der Waals surface area (Å²) in [6.07, 6.45) is 6.30. The molecular weight excluding hydrogens is 641 g/mol. The van der Waals surface area contributed by atoms with E-state index in [4.69, 9.17) is 0 Å². The number of hydrogen-bond acceptors (Lipinski definition) is 0. The zero-order chi connectivity index (χ0) is 36.4. The lowest BCUT2D eigenvalue weighted by Gasteiger charge is -2.40. The number of nitrogens with one attached hydrogen (secondary N) is 2. The Morgan fingerprint density at radius 3 is 1.11 bits per heavy atom. The van der Waals surface area contributed by atoms with Crippen molar-refractivity contribution < 1.29 is 9.88 Å². The van der Waals surface area contributed by atoms with E-state index in [9.17, 15) is 0 Å². The number of aryl methyl sites for hydroxylation is 1. The van der Waals surface area contributed by atoms with Crippen LogP contribution in [-0.2, 0) is 10.8 Å². The van der Waals surface area contributed by atoms with Crippen molar-refractivity contribution in [2.45, 2.75) is 44.4 Å². The molecule has 2 heterocycles. The average molecular weight is 691 g/mol. The minimum absolute atomic E-state index is 0.0232. The number of quaternary nitrogens is 1. The van der Waals surface area contributed by atoms with E-state index in [-0.39, 0.29) is 10.8 Å². The quantitative estimate of drug-likeness (QED) is 0.164. The van der Waals surface area contributed by atoms with Gasteiger partial charge in [-0.1, -0.05) is 165 Å². The highest BCUT2D eigenvalue weighted by Crippen LogP contribution is 2.41. The number of hydrogen-bond donors (Lipinski definition) is 1. The SMILES string of the molecule is Cc1ccc(-c2ccc(-c3ccc(C4(c5ccc(-c6ccc(-c7ccc(C(C)(C)c8cc[nH+]cc8)cc7)cc6)cc5)CC[NH+](C)CC4)cc3)cc2)cc1. The van der Waals surface area contributed by atoms with E-state index in [1.165, 1.54) is 85.4 Å². The largest absolute Gasteiger partial charge is 0.337 e. The molecule has 0 aliphatic carbocycles. The van der Waals surface area contributed by atoms with Gasteiger partial charge in [0, 0.05) is 35.8 Å². The maximum atomic E-state index is 3.14. The molecule has 53 heavy (non-hydrogen) atoms. The average Bonchev–Trinajstić information content (AvgIpc) is 3.22. The third kappa shape index (κ3) is 7.00. The molecule has 0 spiro atoms. The van der Waals surface area contributed by atoms with E-state index in [1.54, 1.807) is 4.90 Å². The van der Waals surface area contributed by atoms with E-state index in [0.29, 0.717) is 0 Å². The molecule has 1 aliphatic rings. The van der Waals surface area contributed by atoms with Crippen LogP contribution in [0.2, 0.25) is 0 Å². The summed E-state index contributed by atoms with van der Waals surface area (Å²) in [7, 11) is 2.33. The summed E-state index contributed by atoms with van der Waals surface area (Å²) in [4.78, 5) is 4.76. The molecular formula is C51H50N2+2. The van der Waals surface area contributed by atoms with Crippen LogP contribution in [0.3, 0.4) is 0 Å². The molecule has 2 nitrogen and oxygen atoms in total. The summed E-state index contributed by atoms with van der Waals surface area (Å²) in [5.41, 5.74) is 16.7. The second kappa shape index (κ2) is 14.5. The fourth-order valence-corrected chi connectivity index (χ4v) is 8.32. The van der Waals surface area contributed by atoms with Crippen LogP contribution in [0.15, 0.2) is 170 Å². The van der Waals surface area contributed by atoms with Gasteiger partial charge in [0.1, 0.15) is 0 Å². The summed E-state index contributed by atoms with van der Waals surface area (Å²) in [5, 5.41) is 0. The Morgan fingerprint density at radius 2 is 0.736 bits per heavy atom. The van der Waals surface area contributed by atoms with Gasteiger partial charge in [-0.15, -0.1) is 0 Å². The molecule has 2 heteroatoms. The van der Waals surface area contributed by atoms with Gasteiger partial charge in [0.25, 0.3) is 0 Å². The maximum absolute atomic E-state index is 3.14. The summed E-state index contributed by atoms with van der Waals surface area (Å²) in [6.45, 7) is 9.06. The summed E-state index contributed by atoms with van der Waals surface area (Å²) in [6, 6.07) is 59.1. The van der Waals surface area contributed by atoms with Gasteiger partial charge in [0.2, 0.25) is 0 Å². The molecule has 0 radical (unpaired) electrons. The number of aromatic amines is 1. The number of piperidine rings is 1. The lowest BCUT2D eigenvalue weighted by molar-refractivity contribution is -0.886. The zero-order valence-electron chi connectivity index (χ0n) is 31.5. The van der Waals surface area contributed by atoms with E-state index < -0.39 is 0 Å². The zero-order valence-corrected chi connectivity index (χ0v) is 31.5. The summed E-state index contributed by atoms with van der Waals surface area (Å²) < 4.78 is 0. The van der Waals surface area contributed by atoms with Crippen molar-refractivity contribution in [3.63, 3.8) is 0 Å². The van der Waals surface area contributed by atoms with Crippen LogP contribution in [-0.4, -0.2) is 20.1 Å². The Labute approximate surface area is 315 Å². The van der Waals surface area contributed by atoms with Crippen LogP contribution in [0.1, 0.15) is 54.5 Å². The van der Waals surface area contributed by atoms with Gasteiger partial charge in [-0.05, 0) is 73.7 Å². The molecule has 0 bridgehead atoms. The van der Waals surface area contributed by atoms with Gasteiger partial charge in [-0.25, -0.2) is 4.98 Å². The van der Waals surface area contributed by atoms with Gasteiger partial charge < -0.3 is 4.90 Å². The van der Waals surface area contributed by atoms with Crippen molar-refractivity contribution in [3.8, 4) is 44.5 Å². The molecule has 1 aromatic heterocycles. The molecule has 0 unspecified atom stereocenters. The second-order valence-corrected chi connectivity index (χ2v) is 15.7. The highest BCUT2D eigenvalue weighted by Gasteiger charge is 2.39. The van der Waals surface area contributed by atoms with Crippen LogP contribution in [0.5, 0.6) is 0 Å². The number of pyridine rings is 1. The normalized spacial score (nSPS) is 17.4. The predicted octanol–water partition coefficient (Wildman–Crippen LogP) is 10.4. The number of benzene rings is 6. The highest BCUT2D eigenvalue weighted by atomic mass is 15.1. The number of rotatable bonds is 8. The van der Waals surface area contributed by atoms with Crippen molar-refractivity contribution in [1.82, 2.24) is 0 Å². The van der Waals surface area contributed by atoms with E-state index in [0.717, 1.165) is 12.8 Å². The van der Waals surface area contributed by atoms with Crippen LogP contribution in [0.4, 0.5) is 0 Å². The first kappa shape index (κ1) is 34.5. The number of likely N-dealkylation sites (tertiary alicyclic amines) is 1. The maximum Gasteiger partial charge on any atom is 0.167 e. The third-order valence-corrected chi connectivity index (χ3v) is 12.0. The summed E-state index contributed by atoms with van der Waals surface area (Å²) in [5.74, 6) is 0. The van der Waals surface area contributed by atoms with Crippen LogP contribution in [0.25, 0.3) is 44.5 Å². The van der Waals surface area contributed by atoms with Crippen molar-refractivity contribution in [2.75, 3.05) is 20.1 Å². The molecule has 1 aliphatic heterocycles. The minimum atomic E-state index is -0.0598. The van der Waals surface area contributed by atoms with E-state index in [1.807, 2.05) is 12.4 Å². The van der Waals surface area contributed by atoms with Gasteiger partial charge in [-0.2, -0.15) is 0 Å². The topological polar surface area (TPSA) is 18.6 Å². The van der Waals surface area contributed by atoms with Gasteiger partial charge in [0.05, 0.1) is 20.1 Å². The molecule has 1 saturated heterocycles. The van der Waals surface area contributed by atoms with Crippen LogP contribution >= 0.6 is 0 Å². The Bertz CT molecular complexity index is 2260. The van der Waals surface area contributed by atoms with Crippen molar-refractivity contribution in [1.29, 1.82) is 0 Å². The molecule has 0 atom stereocenters. The van der Waals surface area contributed by atoms with Crippen LogP contribution in [0, 0.1) is 6.92 Å². The molecule has 1 fully saturated rings. The Hall–Kier alpha value is -5.57. The fourth-order valence-electron chi connectivity index (χ4n) is 8.32. The fraction of sp³-hybridized carbons (Fsp3) is 0.196. The predicted molar refractivity (Wildman–Crippen MR) is 221 cm³/mol. The first-order valence-corrected chi connectivity index (χ1v) is 19.2. The van der Waals surface area contributed by atoms with Crippen molar-refractivity contribution >= 4 is 0 Å². The lowest BCUT2D eigenvalue weighted by atomic mass is 9.68. The molecule has 6 aromatic carbocycles. The molecule has 0 saturated carbocycles. The highest BCUT2D eigenvalue weighted by molar-refractivity contribution is 5.72. The Kier molecular flexibility index (Phi) is 9.41. The molecule has 8 rings (SSSR count). The monoisotopic (exact) mass is 690 g/mol. The van der Waals surface area contributed by atoms with E-state index >= 15 is 0 Å². The first-order valence-electron chi connectivity index (χ1n) is 19.2. The lowest BCUT2D eigenvalue weighted by Crippen LogP contribution is -3.10. The molecule has 2 N–H and O–H groups in total. The van der Waals surface area contributed by atoms with E-state index in [2.05, 4.69) is 191 Å². The second-order valence-electron chi connectivity index (χ2n) is 15.7. The van der Waals surface area contributed by atoms with Crippen molar-refractivity contribution in [2.24, 2.45) is 0 Å². The number of H-pyrrole nitrogens is 1.